The first-order valence-corrected chi connectivity index (χ1v) is 11.6. The minimum Gasteiger partial charge on any atom is -0.388 e. The molecule has 2 aromatic carbocycles. The summed E-state index contributed by atoms with van der Waals surface area (Å²) in [5.74, 6) is -1.46. The van der Waals surface area contributed by atoms with Gasteiger partial charge in [-0.05, 0) is 38.8 Å². The molecule has 6 nitrogen and oxygen atoms in total. The number of halogens is 2. The van der Waals surface area contributed by atoms with Crippen LogP contribution in [0.25, 0.3) is 0 Å². The van der Waals surface area contributed by atoms with Crippen molar-refractivity contribution in [2.75, 3.05) is 33.0 Å². The van der Waals surface area contributed by atoms with E-state index in [4.69, 9.17) is 17.3 Å². The van der Waals surface area contributed by atoms with Gasteiger partial charge in [0.15, 0.2) is 0 Å². The maximum atomic E-state index is 14.1. The fraction of sp³-hybridized carbons (Fsp3) is 0.435. The molecule has 9 heteroatoms. The van der Waals surface area contributed by atoms with Gasteiger partial charge in [-0.25, -0.2) is 4.39 Å². The highest BCUT2D eigenvalue weighted by molar-refractivity contribution is 7.25. The third-order valence-corrected chi connectivity index (χ3v) is 5.03. The normalized spacial score (nSPS) is 11.6. The van der Waals surface area contributed by atoms with Gasteiger partial charge in [-0.2, -0.15) is 0 Å². The highest BCUT2D eigenvalue weighted by atomic mass is 35.5. The number of aliphatic hydroxyl groups is 1. The van der Waals surface area contributed by atoms with Gasteiger partial charge in [0.25, 0.3) is 0 Å². The van der Waals surface area contributed by atoms with Gasteiger partial charge in [-0.15, -0.1) is 0 Å². The smallest absolute Gasteiger partial charge is 0.248 e. The van der Waals surface area contributed by atoms with Crippen LogP contribution in [-0.4, -0.2) is 43.6 Å². The first-order valence-electron chi connectivity index (χ1n) is 10.4. The Hall–Kier alpha value is -2.05. The van der Waals surface area contributed by atoms with Gasteiger partial charge in [0.05, 0.1) is 5.02 Å². The average Bonchev–Trinajstić information content (AvgIpc) is 2.81. The molecular weight excluding hydrogens is 452 g/mol. The lowest BCUT2D eigenvalue weighted by Gasteiger charge is -2.26. The zero-order chi connectivity index (χ0) is 25.5. The molecule has 0 radical (unpaired) electrons. The minimum atomic E-state index is -2.23. The maximum absolute atomic E-state index is 14.1. The predicted molar refractivity (Wildman–Crippen MR) is 133 cm³/mol. The Balaban J connectivity index is 0. The third kappa shape index (κ3) is 8.83. The molecule has 1 atom stereocenters. The highest BCUT2D eigenvalue weighted by Crippen LogP contribution is 2.47. The number of carbonyl (C=O) groups excluding carboxylic acids is 1. The van der Waals surface area contributed by atoms with Crippen LogP contribution in [0, 0.1) is 5.82 Å². The molecule has 180 valence electrons. The van der Waals surface area contributed by atoms with E-state index in [0.717, 1.165) is 12.6 Å². The van der Waals surface area contributed by atoms with Gasteiger partial charge < -0.3 is 21.1 Å². The summed E-state index contributed by atoms with van der Waals surface area (Å²) in [5.41, 5.74) is 5.30. The first-order chi connectivity index (χ1) is 15.1. The van der Waals surface area contributed by atoms with Crippen LogP contribution in [0.5, 0.6) is 0 Å². The number of nitrogens with one attached hydrogen (secondary N) is 1. The minimum absolute atomic E-state index is 0.0200. The molecule has 1 unspecified atom stereocenters. The van der Waals surface area contributed by atoms with E-state index in [1.807, 2.05) is 27.7 Å². The molecule has 0 saturated heterocycles. The summed E-state index contributed by atoms with van der Waals surface area (Å²) >= 11 is 6.15. The zero-order valence-corrected chi connectivity index (χ0v) is 21.8. The number of hydrogen-bond acceptors (Lipinski definition) is 5. The summed E-state index contributed by atoms with van der Waals surface area (Å²) in [6.45, 7) is 11.3. The number of carbonyl (C=O) groups is 1. The second kappa shape index (κ2) is 16.6. The first kappa shape index (κ1) is 32.1. The van der Waals surface area contributed by atoms with Gasteiger partial charge in [0.1, 0.15) is 5.82 Å². The topological polar surface area (TPSA) is 95.7 Å². The van der Waals surface area contributed by atoms with Crippen LogP contribution in [0.3, 0.4) is 0 Å². The lowest BCUT2D eigenvalue weighted by Crippen LogP contribution is -2.24. The van der Waals surface area contributed by atoms with Crippen LogP contribution < -0.4 is 11.1 Å². The van der Waals surface area contributed by atoms with Crippen molar-refractivity contribution in [3.63, 3.8) is 0 Å². The molecule has 0 heterocycles. The van der Waals surface area contributed by atoms with E-state index in [1.165, 1.54) is 37.4 Å². The number of rotatable bonds is 6. The van der Waals surface area contributed by atoms with Gasteiger partial charge >= 0.3 is 0 Å². The van der Waals surface area contributed by atoms with Crippen molar-refractivity contribution in [1.82, 2.24) is 4.90 Å². The van der Waals surface area contributed by atoms with E-state index in [2.05, 4.69) is 31.2 Å². The fourth-order valence-electron chi connectivity index (χ4n) is 2.27. The quantitative estimate of drug-likeness (QED) is 0.452. The van der Waals surface area contributed by atoms with Crippen LogP contribution >= 0.6 is 20.1 Å². The molecule has 0 spiro atoms. The van der Waals surface area contributed by atoms with Crippen molar-refractivity contribution in [1.29, 1.82) is 0 Å². The van der Waals surface area contributed by atoms with E-state index in [-0.39, 0.29) is 27.4 Å². The molecule has 0 saturated carbocycles. The highest BCUT2D eigenvalue weighted by Gasteiger charge is 2.39. The Kier molecular flexibility index (Phi) is 16.6. The van der Waals surface area contributed by atoms with Crippen LogP contribution in [0.4, 0.5) is 10.1 Å². The number of anilines is 1. The van der Waals surface area contributed by atoms with Crippen LogP contribution in [0.1, 0.15) is 56.1 Å². The monoisotopic (exact) mass is 487 g/mol. The van der Waals surface area contributed by atoms with Crippen molar-refractivity contribution < 1.29 is 18.9 Å². The van der Waals surface area contributed by atoms with Crippen LogP contribution in [-0.2, 0) is 9.91 Å². The largest absolute Gasteiger partial charge is 0.388 e. The number of benzene rings is 2. The molecule has 0 fully saturated rings. The van der Waals surface area contributed by atoms with Gasteiger partial charge in [-0.3, -0.25) is 9.36 Å². The summed E-state index contributed by atoms with van der Waals surface area (Å²) < 4.78 is 25.8. The summed E-state index contributed by atoms with van der Waals surface area (Å²) in [5, 5.41) is 11.3. The fourth-order valence-corrected chi connectivity index (χ4v) is 3.31. The maximum Gasteiger partial charge on any atom is 0.248 e. The Morgan fingerprint density at radius 2 is 1.72 bits per heavy atom. The molecular formula is C23H36ClFN3O3P. The number of nitrogens with zero attached hydrogens (tertiary/aromatic N) is 1. The van der Waals surface area contributed by atoms with Crippen molar-refractivity contribution in [2.45, 2.75) is 40.0 Å². The molecule has 32 heavy (non-hydrogen) atoms. The van der Waals surface area contributed by atoms with E-state index in [0.29, 0.717) is 0 Å². The Morgan fingerprint density at radius 3 is 2.09 bits per heavy atom. The molecule has 1 amide bonds. The molecule has 0 aliphatic heterocycles. The number of primary amides is 1. The summed E-state index contributed by atoms with van der Waals surface area (Å²) in [6, 6.07) is 7.96. The zero-order valence-electron chi connectivity index (χ0n) is 20.2. The van der Waals surface area contributed by atoms with Crippen LogP contribution in [0.2, 0.25) is 5.02 Å². The molecule has 4 N–H and O–H groups in total. The van der Waals surface area contributed by atoms with Crippen molar-refractivity contribution in [2.24, 2.45) is 5.73 Å². The Bertz CT molecular complexity index is 853. The molecule has 0 aliphatic rings. The lowest BCUT2D eigenvalue weighted by atomic mass is 9.96. The van der Waals surface area contributed by atoms with Crippen molar-refractivity contribution in [3.05, 3.63) is 63.9 Å². The summed E-state index contributed by atoms with van der Waals surface area (Å²) in [6.07, 6.45) is 0. The lowest BCUT2D eigenvalue weighted by molar-refractivity contribution is 0.1000. The SMILES string of the molecule is CC.CC.CCN(C)C.CNc1cc(C(N)=O)cc(Cl)c1C(O)(P=O)c1ccccc1F. The third-order valence-electron chi connectivity index (χ3n) is 4.01. The molecule has 0 aromatic heterocycles. The molecule has 2 rings (SSSR count). The Morgan fingerprint density at radius 1 is 1.22 bits per heavy atom. The van der Waals surface area contributed by atoms with Crippen LogP contribution in [0.15, 0.2) is 36.4 Å². The van der Waals surface area contributed by atoms with E-state index >= 15 is 0 Å². The average molecular weight is 488 g/mol. The molecule has 0 aliphatic carbocycles. The van der Waals surface area contributed by atoms with Gasteiger partial charge in [-0.1, -0.05) is 64.4 Å². The number of amides is 1. The second-order valence-corrected chi connectivity index (χ2v) is 7.37. The standard InChI is InChI=1S/C15H13ClFN2O3P.C4H11N.2C2H6/c1-19-12-7-8(14(18)20)6-10(16)13(12)15(21,23-22)9-4-2-3-5-11(9)17;1-4-5(2)3;2*1-2/h2-7,19,21H,1H3,(H2,18,20);4H2,1-3H3;2*1-2H3. The van der Waals surface area contributed by atoms with E-state index < -0.39 is 25.5 Å². The van der Waals surface area contributed by atoms with Gasteiger partial charge in [0, 0.05) is 29.4 Å². The van der Waals surface area contributed by atoms with E-state index in [9.17, 15) is 18.9 Å². The number of nitrogens with two attached hydrogens (primary N) is 1. The molecule has 0 bridgehead atoms. The van der Waals surface area contributed by atoms with Crippen molar-refractivity contribution >= 4 is 31.7 Å². The van der Waals surface area contributed by atoms with E-state index in [1.54, 1.807) is 0 Å². The second-order valence-electron chi connectivity index (χ2n) is 6.13. The van der Waals surface area contributed by atoms with Crippen molar-refractivity contribution in [3.8, 4) is 0 Å². The predicted octanol–water partition coefficient (Wildman–Crippen LogP) is 5.73. The molecule has 2 aromatic rings. The summed E-state index contributed by atoms with van der Waals surface area (Å²) in [4.78, 5) is 13.5. The number of hydrogen-bond donors (Lipinski definition) is 3. The summed E-state index contributed by atoms with van der Waals surface area (Å²) in [7, 11) is 4.85. The Labute approximate surface area is 198 Å². The van der Waals surface area contributed by atoms with Gasteiger partial charge in [0.2, 0.25) is 19.7 Å².